The van der Waals surface area contributed by atoms with Gasteiger partial charge in [0.25, 0.3) is 0 Å². The van der Waals surface area contributed by atoms with Crippen LogP contribution in [0.3, 0.4) is 0 Å². The van der Waals surface area contributed by atoms with Gasteiger partial charge in [-0.2, -0.15) is 5.10 Å². The predicted molar refractivity (Wildman–Crippen MR) is 76.9 cm³/mol. The van der Waals surface area contributed by atoms with E-state index in [9.17, 15) is 4.79 Å². The van der Waals surface area contributed by atoms with Gasteiger partial charge in [-0.1, -0.05) is 31.2 Å². The third-order valence-corrected chi connectivity index (χ3v) is 2.68. The maximum atomic E-state index is 11.4. The van der Waals surface area contributed by atoms with Gasteiger partial charge in [0.2, 0.25) is 5.91 Å². The zero-order valence-corrected chi connectivity index (χ0v) is 11.7. The highest BCUT2D eigenvalue weighted by atomic mass is 35.5. The Morgan fingerprint density at radius 3 is 2.79 bits per heavy atom. The summed E-state index contributed by atoms with van der Waals surface area (Å²) in [5.41, 5.74) is 0. The molecule has 0 bridgehead atoms. The van der Waals surface area contributed by atoms with Crippen molar-refractivity contribution in [3.8, 4) is 0 Å². The summed E-state index contributed by atoms with van der Waals surface area (Å²) in [5, 5.41) is 4.90. The smallest absolute Gasteiger partial charge is 0.246 e. The number of allylic oxidation sites excluding steroid dienone is 4. The van der Waals surface area contributed by atoms with E-state index in [1.165, 1.54) is 0 Å². The number of aromatic nitrogens is 2. The summed E-state index contributed by atoms with van der Waals surface area (Å²) in [6.45, 7) is 1.96. The van der Waals surface area contributed by atoms with Gasteiger partial charge in [-0.3, -0.25) is 9.48 Å². The van der Waals surface area contributed by atoms with Crippen molar-refractivity contribution in [2.75, 3.05) is 0 Å². The lowest BCUT2D eigenvalue weighted by atomic mass is 10.1. The summed E-state index contributed by atoms with van der Waals surface area (Å²) in [5.74, 6) is -0.0884. The van der Waals surface area contributed by atoms with E-state index in [2.05, 4.69) is 34.4 Å². The molecule has 0 N–H and O–H groups in total. The molecule has 4 nitrogen and oxygen atoms in total. The molecule has 1 amide bonds. The van der Waals surface area contributed by atoms with E-state index in [0.717, 1.165) is 12.8 Å². The summed E-state index contributed by atoms with van der Waals surface area (Å²) in [6.07, 6.45) is 14.2. The Kier molecular flexibility index (Phi) is 6.22. The Balaban J connectivity index is 0.00000180. The normalized spacial score (nSPS) is 15.3. The summed E-state index contributed by atoms with van der Waals surface area (Å²) in [7, 11) is 0. The van der Waals surface area contributed by atoms with Crippen molar-refractivity contribution in [2.24, 2.45) is 4.99 Å². The average molecular weight is 280 g/mol. The van der Waals surface area contributed by atoms with Gasteiger partial charge in [0, 0.05) is 12.6 Å². The lowest BCUT2D eigenvalue weighted by Crippen LogP contribution is -2.15. The lowest BCUT2D eigenvalue weighted by Gasteiger charge is -2.13. The molecule has 0 unspecified atom stereocenters. The van der Waals surface area contributed by atoms with E-state index >= 15 is 0 Å². The number of amides is 1. The molecule has 0 saturated heterocycles. The minimum absolute atomic E-state index is 0. The molecule has 0 aromatic carbocycles. The molecule has 0 aliphatic heterocycles. The van der Waals surface area contributed by atoms with Crippen LogP contribution in [0, 0.1) is 0 Å². The zero-order valence-electron chi connectivity index (χ0n) is 10.9. The summed E-state index contributed by atoms with van der Waals surface area (Å²) >= 11 is 0. The van der Waals surface area contributed by atoms with Crippen LogP contribution >= 0.6 is 12.4 Å². The van der Waals surface area contributed by atoms with Crippen LogP contribution in [0.2, 0.25) is 0 Å². The Bertz CT molecular complexity index is 513. The number of nitrogens with zero attached hydrogens (tertiary/aromatic N) is 3. The fourth-order valence-corrected chi connectivity index (χ4v) is 1.77. The van der Waals surface area contributed by atoms with Crippen LogP contribution in [0.15, 0.2) is 47.8 Å². The lowest BCUT2D eigenvalue weighted by molar-refractivity contribution is -0.118. The number of hydrogen-bond donors (Lipinski definition) is 0. The number of rotatable bonds is 3. The van der Waals surface area contributed by atoms with E-state index in [0.29, 0.717) is 11.8 Å². The number of carbonyl (C=O) groups is 1. The van der Waals surface area contributed by atoms with Gasteiger partial charge in [0.05, 0.1) is 17.6 Å². The molecule has 0 atom stereocenters. The van der Waals surface area contributed by atoms with Gasteiger partial charge < -0.3 is 0 Å². The third kappa shape index (κ3) is 4.48. The molecular formula is C14H18ClN3O. The first-order valence-corrected chi connectivity index (χ1v) is 6.25. The van der Waals surface area contributed by atoms with Gasteiger partial charge in [-0.15, -0.1) is 12.4 Å². The minimum atomic E-state index is -0.0884. The second-order valence-electron chi connectivity index (χ2n) is 4.20. The Labute approximate surface area is 119 Å². The fraction of sp³-hybridized carbons (Fsp3) is 0.357. The zero-order chi connectivity index (χ0) is 12.8. The van der Waals surface area contributed by atoms with Gasteiger partial charge >= 0.3 is 0 Å². The SMILES string of the molecule is CCCC(=O)N=c1ccn(C2C=CCC=C2)nc1.Cl. The molecule has 0 saturated carbocycles. The monoisotopic (exact) mass is 279 g/mol. The first-order valence-electron chi connectivity index (χ1n) is 6.25. The minimum Gasteiger partial charge on any atom is -0.273 e. The third-order valence-electron chi connectivity index (χ3n) is 2.68. The molecule has 2 rings (SSSR count). The van der Waals surface area contributed by atoms with Crippen molar-refractivity contribution in [2.45, 2.75) is 32.2 Å². The standard InChI is InChI=1S/C14H17N3O.ClH/c1-2-6-14(18)16-12-9-10-17(15-11-12)13-7-4-3-5-8-13;/h4-5,7-11,13H,2-3,6H2,1H3;1H. The van der Waals surface area contributed by atoms with Gasteiger partial charge in [-0.05, 0) is 18.9 Å². The first kappa shape index (κ1) is 15.4. The van der Waals surface area contributed by atoms with Crippen LogP contribution in [0.5, 0.6) is 0 Å². The Hall–Kier alpha value is -1.68. The predicted octanol–water partition coefficient (Wildman–Crippen LogP) is 2.59. The number of halogens is 1. The highest BCUT2D eigenvalue weighted by molar-refractivity contribution is 5.85. The first-order chi connectivity index (χ1) is 8.79. The Morgan fingerprint density at radius 1 is 1.47 bits per heavy atom. The molecular weight excluding hydrogens is 262 g/mol. The van der Waals surface area contributed by atoms with Crippen LogP contribution in [-0.2, 0) is 4.79 Å². The van der Waals surface area contributed by atoms with E-state index in [1.807, 2.05) is 23.9 Å². The maximum absolute atomic E-state index is 11.4. The van der Waals surface area contributed by atoms with Crippen molar-refractivity contribution in [3.05, 3.63) is 48.1 Å². The maximum Gasteiger partial charge on any atom is 0.246 e. The molecule has 0 radical (unpaired) electrons. The topological polar surface area (TPSA) is 47.2 Å². The summed E-state index contributed by atoms with van der Waals surface area (Å²) in [6, 6.07) is 1.98. The van der Waals surface area contributed by atoms with Crippen LogP contribution in [-0.4, -0.2) is 15.7 Å². The van der Waals surface area contributed by atoms with E-state index < -0.39 is 0 Å². The second-order valence-corrected chi connectivity index (χ2v) is 4.20. The van der Waals surface area contributed by atoms with Crippen molar-refractivity contribution in [3.63, 3.8) is 0 Å². The molecule has 0 spiro atoms. The Morgan fingerprint density at radius 2 is 2.21 bits per heavy atom. The van der Waals surface area contributed by atoms with Crippen molar-refractivity contribution >= 4 is 18.3 Å². The highest BCUT2D eigenvalue weighted by Crippen LogP contribution is 2.12. The second kappa shape index (κ2) is 7.69. The molecule has 1 aliphatic rings. The van der Waals surface area contributed by atoms with Crippen LogP contribution in [0.4, 0.5) is 0 Å². The quantitative estimate of drug-likeness (QED) is 0.799. The molecule has 1 aromatic heterocycles. The van der Waals surface area contributed by atoms with Gasteiger partial charge in [0.15, 0.2) is 0 Å². The fourth-order valence-electron chi connectivity index (χ4n) is 1.77. The van der Waals surface area contributed by atoms with Crippen molar-refractivity contribution in [1.82, 2.24) is 9.78 Å². The summed E-state index contributed by atoms with van der Waals surface area (Å²) < 4.78 is 1.84. The van der Waals surface area contributed by atoms with Crippen molar-refractivity contribution < 1.29 is 4.79 Å². The van der Waals surface area contributed by atoms with E-state index in [-0.39, 0.29) is 24.4 Å². The van der Waals surface area contributed by atoms with Crippen LogP contribution in [0.1, 0.15) is 32.2 Å². The van der Waals surface area contributed by atoms with Crippen molar-refractivity contribution in [1.29, 1.82) is 0 Å². The molecule has 1 heterocycles. The van der Waals surface area contributed by atoms with Crippen LogP contribution in [0.25, 0.3) is 0 Å². The molecule has 0 fully saturated rings. The summed E-state index contributed by atoms with van der Waals surface area (Å²) in [4.78, 5) is 15.4. The van der Waals surface area contributed by atoms with E-state index in [4.69, 9.17) is 0 Å². The van der Waals surface area contributed by atoms with Crippen LogP contribution < -0.4 is 5.36 Å². The molecule has 5 heteroatoms. The molecule has 1 aromatic rings. The molecule has 1 aliphatic carbocycles. The molecule has 102 valence electrons. The largest absolute Gasteiger partial charge is 0.273 e. The van der Waals surface area contributed by atoms with Gasteiger partial charge in [0.1, 0.15) is 0 Å². The average Bonchev–Trinajstić information content (AvgIpc) is 2.41. The van der Waals surface area contributed by atoms with Gasteiger partial charge in [-0.25, -0.2) is 4.99 Å². The number of carbonyl (C=O) groups excluding carboxylic acids is 1. The highest BCUT2D eigenvalue weighted by Gasteiger charge is 2.04. The number of hydrogen-bond acceptors (Lipinski definition) is 2. The molecule has 19 heavy (non-hydrogen) atoms. The van der Waals surface area contributed by atoms with E-state index in [1.54, 1.807) is 6.20 Å².